The molecule has 2 atom stereocenters. The van der Waals surface area contributed by atoms with Gasteiger partial charge in [-0.05, 0) is 26.6 Å². The average Bonchev–Trinajstić information content (AvgIpc) is 2.35. The molecule has 0 fully saturated rings. The van der Waals surface area contributed by atoms with Crippen molar-refractivity contribution in [1.82, 2.24) is 4.90 Å². The van der Waals surface area contributed by atoms with Crippen molar-refractivity contribution < 1.29 is 4.74 Å². The minimum atomic E-state index is -0.0266. The zero-order valence-corrected chi connectivity index (χ0v) is 11.0. The number of benzene rings is 1. The van der Waals surface area contributed by atoms with Crippen LogP contribution >= 0.6 is 0 Å². The second-order valence-corrected chi connectivity index (χ2v) is 4.29. The van der Waals surface area contributed by atoms with Crippen molar-refractivity contribution in [3.8, 4) is 11.8 Å². The maximum atomic E-state index is 9.25. The van der Waals surface area contributed by atoms with Crippen molar-refractivity contribution in [2.24, 2.45) is 5.92 Å². The summed E-state index contributed by atoms with van der Waals surface area (Å²) in [4.78, 5) is 2.08. The summed E-state index contributed by atoms with van der Waals surface area (Å²) >= 11 is 0. The van der Waals surface area contributed by atoms with Crippen molar-refractivity contribution >= 4 is 0 Å². The van der Waals surface area contributed by atoms with E-state index < -0.39 is 0 Å². The van der Waals surface area contributed by atoms with Gasteiger partial charge in [-0.3, -0.25) is 0 Å². The summed E-state index contributed by atoms with van der Waals surface area (Å²) in [6.45, 7) is 2.04. The monoisotopic (exact) mass is 232 g/mol. The zero-order valence-electron chi connectivity index (χ0n) is 11.0. The number of para-hydroxylation sites is 1. The second-order valence-electron chi connectivity index (χ2n) is 4.29. The molecule has 0 aliphatic carbocycles. The summed E-state index contributed by atoms with van der Waals surface area (Å²) in [6.07, 6.45) is 0.831. The quantitative estimate of drug-likeness (QED) is 0.783. The van der Waals surface area contributed by atoms with Gasteiger partial charge in [0.15, 0.2) is 0 Å². The van der Waals surface area contributed by atoms with Gasteiger partial charge in [-0.25, -0.2) is 0 Å². The van der Waals surface area contributed by atoms with Crippen molar-refractivity contribution in [2.75, 3.05) is 21.2 Å². The van der Waals surface area contributed by atoms with Crippen molar-refractivity contribution in [2.45, 2.75) is 19.4 Å². The lowest BCUT2D eigenvalue weighted by Crippen LogP contribution is -2.27. The first-order chi connectivity index (χ1) is 8.15. The van der Waals surface area contributed by atoms with E-state index >= 15 is 0 Å². The molecule has 0 aliphatic rings. The Morgan fingerprint density at radius 1 is 1.35 bits per heavy atom. The van der Waals surface area contributed by atoms with Crippen LogP contribution in [0.1, 0.15) is 24.9 Å². The lowest BCUT2D eigenvalue weighted by molar-refractivity contribution is 0.235. The Balaban J connectivity index is 3.19. The number of hydrogen-bond donors (Lipinski definition) is 0. The van der Waals surface area contributed by atoms with E-state index in [2.05, 4.69) is 11.0 Å². The Kier molecular flexibility index (Phi) is 4.99. The molecule has 0 amide bonds. The molecule has 0 radical (unpaired) electrons. The number of nitriles is 1. The van der Waals surface area contributed by atoms with Crippen LogP contribution in [-0.2, 0) is 0 Å². The molecular weight excluding hydrogens is 212 g/mol. The van der Waals surface area contributed by atoms with Crippen molar-refractivity contribution in [1.29, 1.82) is 5.26 Å². The normalized spacial score (nSPS) is 14.1. The molecule has 0 saturated heterocycles. The Labute approximate surface area is 104 Å². The molecule has 0 heterocycles. The highest BCUT2D eigenvalue weighted by atomic mass is 16.5. The topological polar surface area (TPSA) is 36.3 Å². The molecule has 0 saturated carbocycles. The third kappa shape index (κ3) is 2.98. The van der Waals surface area contributed by atoms with Crippen LogP contribution in [0, 0.1) is 17.2 Å². The lowest BCUT2D eigenvalue weighted by atomic mass is 9.90. The number of nitrogens with zero attached hydrogens (tertiary/aromatic N) is 2. The molecule has 0 N–H and O–H groups in total. The molecule has 0 aromatic heterocycles. The number of ether oxygens (including phenoxy) is 1. The molecule has 2 unspecified atom stereocenters. The van der Waals surface area contributed by atoms with Crippen LogP contribution in [0.3, 0.4) is 0 Å². The van der Waals surface area contributed by atoms with Gasteiger partial charge in [0.25, 0.3) is 0 Å². The third-order valence-corrected chi connectivity index (χ3v) is 3.00. The Morgan fingerprint density at radius 2 is 2.00 bits per heavy atom. The fourth-order valence-corrected chi connectivity index (χ4v) is 2.15. The molecule has 0 bridgehead atoms. The summed E-state index contributed by atoms with van der Waals surface area (Å²) < 4.78 is 5.38. The fraction of sp³-hybridized carbons (Fsp3) is 0.500. The second kappa shape index (κ2) is 6.27. The van der Waals surface area contributed by atoms with E-state index in [1.807, 2.05) is 45.3 Å². The largest absolute Gasteiger partial charge is 0.496 e. The zero-order chi connectivity index (χ0) is 12.8. The van der Waals surface area contributed by atoms with Gasteiger partial charge in [-0.15, -0.1) is 0 Å². The molecule has 3 heteroatoms. The van der Waals surface area contributed by atoms with Crippen molar-refractivity contribution in [3.63, 3.8) is 0 Å². The minimum absolute atomic E-state index is 0.0266. The molecule has 1 aromatic rings. The molecule has 17 heavy (non-hydrogen) atoms. The highest BCUT2D eigenvalue weighted by molar-refractivity contribution is 5.37. The van der Waals surface area contributed by atoms with Gasteiger partial charge < -0.3 is 9.64 Å². The van der Waals surface area contributed by atoms with E-state index in [0.29, 0.717) is 0 Å². The third-order valence-electron chi connectivity index (χ3n) is 3.00. The molecule has 0 spiro atoms. The predicted octanol–water partition coefficient (Wildman–Crippen LogP) is 2.85. The van der Waals surface area contributed by atoms with Gasteiger partial charge in [0.1, 0.15) is 5.75 Å². The molecule has 1 aromatic carbocycles. The van der Waals surface area contributed by atoms with Crippen LogP contribution in [0.4, 0.5) is 0 Å². The van der Waals surface area contributed by atoms with Gasteiger partial charge in [0.2, 0.25) is 0 Å². The molecule has 92 valence electrons. The maximum Gasteiger partial charge on any atom is 0.123 e. The molecule has 0 aliphatic heterocycles. The Morgan fingerprint density at radius 3 is 2.47 bits per heavy atom. The maximum absolute atomic E-state index is 9.25. The SMILES string of the molecule is CCC(C#N)C(c1ccccc1OC)N(C)C. The number of rotatable bonds is 5. The van der Waals surface area contributed by atoms with E-state index in [9.17, 15) is 5.26 Å². The van der Waals surface area contributed by atoms with E-state index in [1.54, 1.807) is 7.11 Å². The van der Waals surface area contributed by atoms with Crippen LogP contribution in [0.15, 0.2) is 24.3 Å². The van der Waals surface area contributed by atoms with Crippen LogP contribution in [0.5, 0.6) is 5.75 Å². The molecule has 1 rings (SSSR count). The smallest absolute Gasteiger partial charge is 0.123 e. The highest BCUT2D eigenvalue weighted by Crippen LogP contribution is 2.34. The Bertz CT molecular complexity index is 395. The van der Waals surface area contributed by atoms with Gasteiger partial charge >= 0.3 is 0 Å². The first kappa shape index (κ1) is 13.5. The van der Waals surface area contributed by atoms with Crippen LogP contribution in [0.25, 0.3) is 0 Å². The summed E-state index contributed by atoms with van der Waals surface area (Å²) in [5.41, 5.74) is 1.08. The van der Waals surface area contributed by atoms with E-state index in [1.165, 1.54) is 0 Å². The summed E-state index contributed by atoms with van der Waals surface area (Å²) in [6, 6.07) is 10.4. The predicted molar refractivity (Wildman–Crippen MR) is 68.8 cm³/mol. The Hall–Kier alpha value is -1.53. The number of hydrogen-bond acceptors (Lipinski definition) is 3. The molecule has 3 nitrogen and oxygen atoms in total. The van der Waals surface area contributed by atoms with Gasteiger partial charge in [-0.1, -0.05) is 25.1 Å². The van der Waals surface area contributed by atoms with Crippen molar-refractivity contribution in [3.05, 3.63) is 29.8 Å². The first-order valence-electron chi connectivity index (χ1n) is 5.84. The molecular formula is C14H20N2O. The summed E-state index contributed by atoms with van der Waals surface area (Å²) in [7, 11) is 5.66. The highest BCUT2D eigenvalue weighted by Gasteiger charge is 2.26. The van der Waals surface area contributed by atoms with Crippen LogP contribution in [-0.4, -0.2) is 26.1 Å². The lowest BCUT2D eigenvalue weighted by Gasteiger charge is -2.29. The van der Waals surface area contributed by atoms with Crippen LogP contribution in [0.2, 0.25) is 0 Å². The summed E-state index contributed by atoms with van der Waals surface area (Å²) in [5.74, 6) is 0.821. The van der Waals surface area contributed by atoms with Gasteiger partial charge in [0, 0.05) is 5.56 Å². The number of methoxy groups -OCH3 is 1. The summed E-state index contributed by atoms with van der Waals surface area (Å²) in [5, 5.41) is 9.25. The van der Waals surface area contributed by atoms with E-state index in [-0.39, 0.29) is 12.0 Å². The minimum Gasteiger partial charge on any atom is -0.496 e. The van der Waals surface area contributed by atoms with Gasteiger partial charge in [0.05, 0.1) is 25.1 Å². The standard InChI is InChI=1S/C14H20N2O/c1-5-11(10-15)14(16(2)3)12-8-6-7-9-13(12)17-4/h6-9,11,14H,5H2,1-4H3. The first-order valence-corrected chi connectivity index (χ1v) is 5.84. The fourth-order valence-electron chi connectivity index (χ4n) is 2.15. The van der Waals surface area contributed by atoms with E-state index in [4.69, 9.17) is 4.74 Å². The van der Waals surface area contributed by atoms with Gasteiger partial charge in [-0.2, -0.15) is 5.26 Å². The van der Waals surface area contributed by atoms with Crippen LogP contribution < -0.4 is 4.74 Å². The van der Waals surface area contributed by atoms with E-state index in [0.717, 1.165) is 17.7 Å². The average molecular weight is 232 g/mol.